The molecule has 0 bridgehead atoms. The normalized spacial score (nSPS) is 36.3. The number of allylic oxidation sites excluding steroid dienone is 4. The Hall–Kier alpha value is -0.715. The fourth-order valence-corrected chi connectivity index (χ4v) is 9.49. The molecule has 1 heteroatoms. The first-order valence-corrected chi connectivity index (χ1v) is 15.7. The van der Waals surface area contributed by atoms with Crippen molar-refractivity contribution in [2.45, 2.75) is 187 Å². The summed E-state index contributed by atoms with van der Waals surface area (Å²) in [7, 11) is 4.50. The van der Waals surface area contributed by atoms with Gasteiger partial charge < -0.3 is 0 Å². The summed E-state index contributed by atoms with van der Waals surface area (Å²) in [5.74, 6) is 2.13. The predicted octanol–water partition coefficient (Wildman–Crippen LogP) is 14.4. The second-order valence-electron chi connectivity index (χ2n) is 14.1. The van der Waals surface area contributed by atoms with E-state index in [4.69, 9.17) is 0 Å². The molecule has 8 aliphatic rings. The van der Waals surface area contributed by atoms with Gasteiger partial charge in [-0.2, -0.15) is 0 Å². The van der Waals surface area contributed by atoms with E-state index in [1.54, 1.807) is 56.1 Å². The van der Waals surface area contributed by atoms with E-state index in [9.17, 15) is 0 Å². The van der Waals surface area contributed by atoms with E-state index in [2.05, 4.69) is 60.9 Å². The molecule has 0 amide bonds. The van der Waals surface area contributed by atoms with Gasteiger partial charge in [0.05, 0.1) is 7.85 Å². The summed E-state index contributed by atoms with van der Waals surface area (Å²) in [6, 6.07) is 0. The maximum atomic E-state index is 4.50. The predicted molar refractivity (Wildman–Crippen MR) is 195 cm³/mol. The third-order valence-corrected chi connectivity index (χ3v) is 11.6. The van der Waals surface area contributed by atoms with Gasteiger partial charge in [0.2, 0.25) is 0 Å². The molecule has 41 heavy (non-hydrogen) atoms. The lowest BCUT2D eigenvalue weighted by molar-refractivity contribution is 0.346. The molecule has 0 aromatic heterocycles. The molecule has 4 atom stereocenters. The quantitative estimate of drug-likeness (QED) is 0.201. The van der Waals surface area contributed by atoms with E-state index < -0.39 is 0 Å². The van der Waals surface area contributed by atoms with Crippen LogP contribution in [0.3, 0.4) is 0 Å². The Balaban J connectivity index is -0.000000449. The van der Waals surface area contributed by atoms with Crippen molar-refractivity contribution in [1.82, 2.24) is 0 Å². The van der Waals surface area contributed by atoms with Crippen molar-refractivity contribution in [2.75, 3.05) is 0 Å². The van der Waals surface area contributed by atoms with Crippen LogP contribution in [0.5, 0.6) is 0 Å². The van der Waals surface area contributed by atoms with Gasteiger partial charge in [0, 0.05) is 0 Å². The van der Waals surface area contributed by atoms with Crippen molar-refractivity contribution in [2.24, 2.45) is 33.5 Å². The summed E-state index contributed by atoms with van der Waals surface area (Å²) < 4.78 is 0. The van der Waals surface area contributed by atoms with Gasteiger partial charge in [0.1, 0.15) is 0 Å². The van der Waals surface area contributed by atoms with Crippen molar-refractivity contribution >= 4 is 7.85 Å². The van der Waals surface area contributed by atoms with Gasteiger partial charge in [-0.05, 0) is 131 Å². The topological polar surface area (TPSA) is 0 Å². The molecule has 0 nitrogen and oxygen atoms in total. The van der Waals surface area contributed by atoms with Crippen molar-refractivity contribution in [3.05, 3.63) is 36.5 Å². The molecule has 6 saturated carbocycles. The van der Waals surface area contributed by atoms with Gasteiger partial charge in [-0.25, -0.2) is 0 Å². The van der Waals surface area contributed by atoms with Crippen molar-refractivity contribution < 1.29 is 0 Å². The van der Waals surface area contributed by atoms with Crippen LogP contribution in [0.4, 0.5) is 0 Å². The monoisotopic (exact) mass is 571 g/mol. The Labute approximate surface area is 264 Å². The maximum Gasteiger partial charge on any atom is 0.0606 e. The van der Waals surface area contributed by atoms with Crippen molar-refractivity contribution in [3.8, 4) is 0 Å². The average molecular weight is 571 g/mol. The highest BCUT2D eigenvalue weighted by molar-refractivity contribution is 6.05. The lowest BCUT2D eigenvalue weighted by Gasteiger charge is -2.22. The number of hydrogen-bond donors (Lipinski definition) is 0. The van der Waals surface area contributed by atoms with Crippen molar-refractivity contribution in [3.63, 3.8) is 0 Å². The van der Waals surface area contributed by atoms with E-state index >= 15 is 0 Å². The molecule has 0 aromatic carbocycles. The average Bonchev–Trinajstić information content (AvgIpc) is 3.24. The van der Waals surface area contributed by atoms with Crippen LogP contribution in [-0.4, -0.2) is 7.85 Å². The fraction of sp³-hybridized carbons (Fsp3) is 0.850. The zero-order chi connectivity index (χ0) is 26.5. The van der Waals surface area contributed by atoms with Crippen LogP contribution in [-0.2, 0) is 0 Å². The van der Waals surface area contributed by atoms with E-state index in [0.717, 1.165) is 33.5 Å². The molecule has 6 fully saturated rings. The summed E-state index contributed by atoms with van der Waals surface area (Å²) in [6.45, 7) is 16.8. The van der Waals surface area contributed by atoms with Gasteiger partial charge in [0.15, 0.2) is 0 Å². The van der Waals surface area contributed by atoms with Gasteiger partial charge >= 0.3 is 0 Å². The second-order valence-corrected chi connectivity index (χ2v) is 14.1. The molecule has 0 saturated heterocycles. The van der Waals surface area contributed by atoms with Gasteiger partial charge in [-0.3, -0.25) is 0 Å². The molecule has 0 N–H and O–H groups in total. The third-order valence-electron chi connectivity index (χ3n) is 11.6. The Morgan fingerprint density at radius 3 is 1.49 bits per heavy atom. The van der Waals surface area contributed by atoms with Gasteiger partial charge in [-0.1, -0.05) is 113 Å². The molecule has 4 unspecified atom stereocenters. The molecule has 0 aliphatic heterocycles. The highest BCUT2D eigenvalue weighted by atomic mass is 14.8. The fourth-order valence-electron chi connectivity index (χ4n) is 9.49. The third kappa shape index (κ3) is 9.64. The summed E-state index contributed by atoms with van der Waals surface area (Å²) in [5, 5.41) is 0. The molecular formula is C40H79B. The van der Waals surface area contributed by atoms with Crippen LogP contribution in [0.15, 0.2) is 36.5 Å². The standard InChI is InChI=1S/C11H16.C10H16.C6H10.C5H10.C2H4.CH3B.5CH4/c1-9-3-6-10-4-2-5-11(10,7-9)8-10;1-8-5-9-3-2-4-10(9,6-8)7-9;1-6-4-2-3-5-6;1-5-3-2-4-5;2*1-2;;;;;/h3H,2,4-8H2,1H3;8H,2-7H2,1H3;4H,2-3,5H2,1H3;5H,2-4H2,1H3;1-2H2;1H3;5*1H4. The Kier molecular flexibility index (Phi) is 20.6. The Morgan fingerprint density at radius 1 is 0.634 bits per heavy atom. The lowest BCUT2D eigenvalue weighted by Crippen LogP contribution is -2.11. The minimum Gasteiger partial charge on any atom is -0.106 e. The maximum absolute atomic E-state index is 4.50. The molecule has 242 valence electrons. The highest BCUT2D eigenvalue weighted by Gasteiger charge is 2.72. The van der Waals surface area contributed by atoms with Crippen molar-refractivity contribution in [1.29, 1.82) is 0 Å². The van der Waals surface area contributed by atoms with Crippen LogP contribution in [0.1, 0.15) is 180 Å². The summed E-state index contributed by atoms with van der Waals surface area (Å²) in [6.07, 6.45) is 31.8. The van der Waals surface area contributed by atoms with Crippen LogP contribution in [0.2, 0.25) is 6.82 Å². The molecule has 2 radical (unpaired) electrons. The second kappa shape index (κ2) is 18.8. The molecule has 0 spiro atoms. The van der Waals surface area contributed by atoms with Crippen LogP contribution in [0.25, 0.3) is 0 Å². The molecule has 0 heterocycles. The zero-order valence-corrected chi connectivity index (χ0v) is 25.0. The lowest BCUT2D eigenvalue weighted by atomic mass is 9.83. The van der Waals surface area contributed by atoms with E-state index in [0.29, 0.717) is 0 Å². The Bertz CT molecular complexity index is 748. The van der Waals surface area contributed by atoms with Crippen LogP contribution >= 0.6 is 0 Å². The van der Waals surface area contributed by atoms with Crippen LogP contribution < -0.4 is 0 Å². The molecule has 8 aliphatic carbocycles. The summed E-state index contributed by atoms with van der Waals surface area (Å²) in [5.41, 5.74) is 6.77. The molecular weight excluding hydrogens is 491 g/mol. The largest absolute Gasteiger partial charge is 0.106 e. The van der Waals surface area contributed by atoms with E-state index in [1.165, 1.54) is 77.5 Å². The van der Waals surface area contributed by atoms with E-state index in [-0.39, 0.29) is 37.1 Å². The van der Waals surface area contributed by atoms with E-state index in [1.807, 2.05) is 0 Å². The Morgan fingerprint density at radius 2 is 1.10 bits per heavy atom. The SMILES string of the molecule is C.C.C.C.C.C=C.CC1=CCC23CCCC2(C1)C3.CC1=CCCC1.CC1CC23CCCC2(C1)C3.CC1CCC1.[B]C. The minimum absolute atomic E-state index is 0. The molecule has 0 aromatic rings. The van der Waals surface area contributed by atoms with Crippen LogP contribution in [0, 0.1) is 33.5 Å². The first-order valence-electron chi connectivity index (χ1n) is 15.7. The van der Waals surface area contributed by atoms with Gasteiger partial charge in [0.25, 0.3) is 0 Å². The smallest absolute Gasteiger partial charge is 0.0606 e. The van der Waals surface area contributed by atoms with Gasteiger partial charge in [-0.15, -0.1) is 13.2 Å². The first-order chi connectivity index (χ1) is 17.3. The zero-order valence-electron chi connectivity index (χ0n) is 25.0. The number of hydrogen-bond acceptors (Lipinski definition) is 0. The summed E-state index contributed by atoms with van der Waals surface area (Å²) >= 11 is 0. The highest BCUT2D eigenvalue weighted by Crippen LogP contribution is 2.82. The first kappa shape index (κ1) is 44.7. The minimum atomic E-state index is 0. The summed E-state index contributed by atoms with van der Waals surface area (Å²) in [4.78, 5) is 0. The molecule has 8 rings (SSSR count). The number of rotatable bonds is 0.